The number of aromatic nitrogens is 4. The van der Waals surface area contributed by atoms with Crippen LogP contribution >= 0.6 is 0 Å². The Labute approximate surface area is 407 Å². The first-order valence-electron chi connectivity index (χ1n) is 23.8. The van der Waals surface area contributed by atoms with Crippen LogP contribution in [0.15, 0.2) is 136 Å². The summed E-state index contributed by atoms with van der Waals surface area (Å²) in [6, 6.07) is 32.6. The number of aliphatic hydroxyl groups is 2. The van der Waals surface area contributed by atoms with Crippen LogP contribution in [0, 0.1) is 11.8 Å². The number of aromatic amines is 1. The third-order valence-corrected chi connectivity index (χ3v) is 15.6. The molecule has 2 aromatic heterocycles. The molecule has 0 bridgehead atoms. The lowest BCUT2D eigenvalue weighted by Crippen LogP contribution is -2.39. The van der Waals surface area contributed by atoms with Gasteiger partial charge in [-0.1, -0.05) is 104 Å². The number of fused-ring (bicyclic) bond motifs is 2. The molecule has 0 amide bonds. The number of hydrogen-bond donors (Lipinski definition) is 7. The van der Waals surface area contributed by atoms with Gasteiger partial charge in [0.25, 0.3) is 20.2 Å². The average molecular weight is 993 g/mol. The zero-order valence-corrected chi connectivity index (χ0v) is 40.4. The molecule has 16 nitrogen and oxygen atoms in total. The second kappa shape index (κ2) is 22.1. The van der Waals surface area contributed by atoms with Gasteiger partial charge in [-0.3, -0.25) is 18.6 Å². The molecule has 1 saturated carbocycles. The van der Waals surface area contributed by atoms with Gasteiger partial charge in [-0.2, -0.15) is 21.9 Å². The van der Waals surface area contributed by atoms with Crippen molar-refractivity contribution in [2.45, 2.75) is 85.8 Å². The fourth-order valence-electron chi connectivity index (χ4n) is 9.97. The molecule has 1 aliphatic heterocycles. The summed E-state index contributed by atoms with van der Waals surface area (Å²) < 4.78 is 64.7. The highest BCUT2D eigenvalue weighted by Crippen LogP contribution is 2.43. The fourth-order valence-corrected chi connectivity index (χ4v) is 11.4. The number of nitrogens with zero attached hydrogens (tertiary/aromatic N) is 4. The van der Waals surface area contributed by atoms with Crippen molar-refractivity contribution in [1.29, 1.82) is 0 Å². The number of phenols is 1. The molecule has 3 heterocycles. The zero-order valence-electron chi connectivity index (χ0n) is 38.8. The number of likely N-dealkylation sites (tertiary alicyclic amines) is 1. The van der Waals surface area contributed by atoms with Gasteiger partial charge in [-0.05, 0) is 117 Å². The van der Waals surface area contributed by atoms with Gasteiger partial charge in [0.05, 0.1) is 11.6 Å². The van der Waals surface area contributed by atoms with Gasteiger partial charge in [0, 0.05) is 41.9 Å². The standard InChI is InChI=1S/C42H52N6O4.C10H8O6S2/c49-37-17-15-35(36-16-18-39(51)45-40(36)37)38(50)27-43-23-19-30-11-13-31(14-12-30)20-24-47-25-21-32(22-26-47)28-48-29-44-41(46-48)42(52,33-7-3-1-4-8-33)34-9-5-2-6-10-34;11-17(12,13)9-5-1-3-7-8(9)4-2-6-10(7)18(14,15)16/h1,3-4,7-8,11-18,29,32,34,38,43,49-50,52H,2,5-6,9-10,19-28H2,(H,45,51);1-6H,(H,11,12,13)(H,14,15,16)/t38-,42-;/m0./s1. The Hall–Kier alpha value is -5.83. The second-order valence-corrected chi connectivity index (χ2v) is 21.2. The molecule has 0 spiro atoms. The number of nitrogens with one attached hydrogen (secondary N) is 2. The maximum absolute atomic E-state index is 12.2. The quantitative estimate of drug-likeness (QED) is 0.0389. The van der Waals surface area contributed by atoms with Crippen molar-refractivity contribution in [2.75, 3.05) is 32.7 Å². The van der Waals surface area contributed by atoms with E-state index >= 15 is 0 Å². The minimum Gasteiger partial charge on any atom is -0.506 e. The van der Waals surface area contributed by atoms with Crippen LogP contribution in [-0.2, 0) is 45.2 Å². The van der Waals surface area contributed by atoms with E-state index in [1.165, 1.54) is 53.9 Å². The highest BCUT2D eigenvalue weighted by atomic mass is 32.2. The molecule has 18 heteroatoms. The Morgan fingerprint density at radius 2 is 1.36 bits per heavy atom. The molecule has 370 valence electrons. The summed E-state index contributed by atoms with van der Waals surface area (Å²) in [4.78, 5) is 20.8. The molecule has 9 rings (SSSR count). The third kappa shape index (κ3) is 12.0. The molecule has 7 N–H and O–H groups in total. The highest BCUT2D eigenvalue weighted by molar-refractivity contribution is 7.86. The van der Waals surface area contributed by atoms with Gasteiger partial charge in [0.2, 0.25) is 5.56 Å². The fraction of sp³-hybridized carbons (Fsp3) is 0.365. The van der Waals surface area contributed by atoms with E-state index in [0.29, 0.717) is 34.8 Å². The Morgan fingerprint density at radius 1 is 0.729 bits per heavy atom. The van der Waals surface area contributed by atoms with Crippen LogP contribution < -0.4 is 10.9 Å². The summed E-state index contributed by atoms with van der Waals surface area (Å²) in [5.41, 5.74) is 3.05. The van der Waals surface area contributed by atoms with Crippen LogP contribution in [0.4, 0.5) is 0 Å². The molecule has 0 radical (unpaired) electrons. The van der Waals surface area contributed by atoms with Crippen molar-refractivity contribution in [2.24, 2.45) is 11.8 Å². The largest absolute Gasteiger partial charge is 0.506 e. The first-order valence-corrected chi connectivity index (χ1v) is 26.6. The van der Waals surface area contributed by atoms with Crippen molar-refractivity contribution in [3.63, 3.8) is 0 Å². The molecule has 2 aliphatic rings. The van der Waals surface area contributed by atoms with Crippen molar-refractivity contribution in [1.82, 2.24) is 30.0 Å². The lowest BCUT2D eigenvalue weighted by Gasteiger charge is -2.37. The van der Waals surface area contributed by atoms with E-state index in [2.05, 4.69) is 39.5 Å². The predicted octanol–water partition coefficient (Wildman–Crippen LogP) is 6.80. The zero-order chi connectivity index (χ0) is 49.5. The smallest absolute Gasteiger partial charge is 0.295 e. The number of aromatic hydroxyl groups is 1. The number of benzene rings is 5. The Balaban J connectivity index is 0.000000307. The summed E-state index contributed by atoms with van der Waals surface area (Å²) in [7, 11) is -8.94. The molecule has 1 saturated heterocycles. The number of piperidine rings is 1. The molecule has 1 aliphatic carbocycles. The summed E-state index contributed by atoms with van der Waals surface area (Å²) in [6.07, 6.45) is 10.7. The maximum Gasteiger partial charge on any atom is 0.295 e. The molecule has 0 unspecified atom stereocenters. The van der Waals surface area contributed by atoms with Crippen LogP contribution in [0.3, 0.4) is 0 Å². The number of hydrogen-bond acceptors (Lipinski definition) is 12. The van der Waals surface area contributed by atoms with Gasteiger partial charge in [-0.15, -0.1) is 0 Å². The topological polar surface area (TPSA) is 248 Å². The van der Waals surface area contributed by atoms with E-state index in [1.807, 2.05) is 41.3 Å². The summed E-state index contributed by atoms with van der Waals surface area (Å²) >= 11 is 0. The van der Waals surface area contributed by atoms with Crippen molar-refractivity contribution < 1.29 is 41.3 Å². The maximum atomic E-state index is 12.2. The van der Waals surface area contributed by atoms with Crippen molar-refractivity contribution in [3.05, 3.63) is 160 Å². The van der Waals surface area contributed by atoms with Crippen LogP contribution in [0.1, 0.15) is 79.1 Å². The molecule has 2 fully saturated rings. The minimum atomic E-state index is -4.47. The van der Waals surface area contributed by atoms with Crippen molar-refractivity contribution >= 4 is 41.9 Å². The summed E-state index contributed by atoms with van der Waals surface area (Å²) in [6.45, 7) is 5.13. The Kier molecular flexibility index (Phi) is 15.9. The van der Waals surface area contributed by atoms with Gasteiger partial charge in [0.1, 0.15) is 21.9 Å². The number of phenolic OH excluding ortho intramolecular Hbond substituents is 1. The first kappa shape index (κ1) is 50.6. The summed E-state index contributed by atoms with van der Waals surface area (Å²) in [5, 5.41) is 42.0. The van der Waals surface area contributed by atoms with Gasteiger partial charge in [-0.25, -0.2) is 4.98 Å². The SMILES string of the molecule is O=S(=O)(O)c1cccc2c(S(=O)(=O)O)cccc12.O=c1ccc2c([C@@H](O)CNCCc3ccc(CCN4CCC(Cn5cnc([C@](O)(c6ccccc6)C6CCCCC6)n5)CC4)cc3)ccc(O)c2[nH]1. The monoisotopic (exact) mass is 992 g/mol. The van der Waals surface area contributed by atoms with Gasteiger partial charge >= 0.3 is 0 Å². The Bertz CT molecular complexity index is 3100. The number of rotatable bonds is 16. The van der Waals surface area contributed by atoms with E-state index < -0.39 is 41.7 Å². The predicted molar refractivity (Wildman–Crippen MR) is 267 cm³/mol. The van der Waals surface area contributed by atoms with E-state index in [9.17, 15) is 36.9 Å². The number of aliphatic hydroxyl groups excluding tert-OH is 1. The molecular formula is C52H60N6O10S2. The highest BCUT2D eigenvalue weighted by Gasteiger charge is 2.44. The van der Waals surface area contributed by atoms with E-state index in [1.54, 1.807) is 12.1 Å². The molecule has 2 atom stereocenters. The van der Waals surface area contributed by atoms with Crippen LogP contribution in [-0.4, -0.2) is 98.6 Å². The summed E-state index contributed by atoms with van der Waals surface area (Å²) in [5.74, 6) is 1.22. The molecule has 5 aromatic carbocycles. The van der Waals surface area contributed by atoms with Crippen LogP contribution in [0.2, 0.25) is 0 Å². The van der Waals surface area contributed by atoms with E-state index in [4.69, 9.17) is 19.2 Å². The number of pyridine rings is 1. The van der Waals surface area contributed by atoms with Crippen molar-refractivity contribution in [3.8, 4) is 5.75 Å². The van der Waals surface area contributed by atoms with Crippen LogP contribution in [0.25, 0.3) is 21.7 Å². The van der Waals surface area contributed by atoms with E-state index in [-0.39, 0.29) is 28.0 Å². The van der Waals surface area contributed by atoms with Gasteiger partial charge < -0.3 is 30.5 Å². The van der Waals surface area contributed by atoms with Gasteiger partial charge in [0.15, 0.2) is 11.4 Å². The average Bonchev–Trinajstić information content (AvgIpc) is 3.84. The lowest BCUT2D eigenvalue weighted by molar-refractivity contribution is -0.00865. The van der Waals surface area contributed by atoms with E-state index in [0.717, 1.165) is 102 Å². The molecule has 70 heavy (non-hydrogen) atoms. The number of H-pyrrole nitrogens is 1. The second-order valence-electron chi connectivity index (χ2n) is 18.4. The third-order valence-electron chi connectivity index (χ3n) is 13.8. The normalized spacial score (nSPS) is 16.7. The molecular weight excluding hydrogens is 933 g/mol. The van der Waals surface area contributed by atoms with Crippen LogP contribution in [0.5, 0.6) is 5.75 Å². The minimum absolute atomic E-state index is 0.0118. The first-order chi connectivity index (χ1) is 33.6. The molecule has 7 aromatic rings. The lowest BCUT2D eigenvalue weighted by atomic mass is 9.73. The Morgan fingerprint density at radius 3 is 1.99 bits per heavy atom.